The van der Waals surface area contributed by atoms with Crippen molar-refractivity contribution in [3.8, 4) is 0 Å². The summed E-state index contributed by atoms with van der Waals surface area (Å²) in [7, 11) is 0. The zero-order valence-corrected chi connectivity index (χ0v) is 11.4. The Hall–Kier alpha value is -1.06. The fourth-order valence-corrected chi connectivity index (χ4v) is 2.14. The summed E-state index contributed by atoms with van der Waals surface area (Å²) in [6, 6.07) is 0.0841. The molecule has 1 atom stereocenters. The topological polar surface area (TPSA) is 58.2 Å². The monoisotopic (exact) mass is 252 g/mol. The highest BCUT2D eigenvalue weighted by Gasteiger charge is 2.32. The Balaban J connectivity index is 1.75. The van der Waals surface area contributed by atoms with Crippen LogP contribution >= 0.6 is 0 Å². The maximum absolute atomic E-state index is 11.8. The molecule has 2 saturated carbocycles. The molecule has 0 bridgehead atoms. The van der Waals surface area contributed by atoms with Gasteiger partial charge in [0.05, 0.1) is 0 Å². The van der Waals surface area contributed by atoms with Crippen molar-refractivity contribution in [2.45, 2.75) is 52.0 Å². The van der Waals surface area contributed by atoms with Crippen molar-refractivity contribution in [1.82, 2.24) is 10.6 Å². The highest BCUT2D eigenvalue weighted by Crippen LogP contribution is 2.29. The van der Waals surface area contributed by atoms with Gasteiger partial charge >= 0.3 is 0 Å². The molecule has 0 aliphatic heterocycles. The summed E-state index contributed by atoms with van der Waals surface area (Å²) in [4.78, 5) is 23.4. The van der Waals surface area contributed by atoms with E-state index >= 15 is 0 Å². The average Bonchev–Trinajstić information content (AvgIpc) is 3.18. The summed E-state index contributed by atoms with van der Waals surface area (Å²) in [5.74, 6) is 1.32. The molecule has 2 N–H and O–H groups in total. The van der Waals surface area contributed by atoms with E-state index in [1.54, 1.807) is 0 Å². The number of carbonyl (C=O) groups is 2. The first kappa shape index (κ1) is 13.4. The Bertz CT molecular complexity index is 320. The molecule has 0 aromatic heterocycles. The van der Waals surface area contributed by atoms with E-state index in [1.165, 1.54) is 0 Å². The Labute approximate surface area is 109 Å². The Morgan fingerprint density at radius 2 is 1.61 bits per heavy atom. The number of nitrogens with one attached hydrogen (secondary N) is 2. The van der Waals surface area contributed by atoms with E-state index in [9.17, 15) is 9.59 Å². The zero-order valence-electron chi connectivity index (χ0n) is 11.4. The van der Waals surface area contributed by atoms with Crippen molar-refractivity contribution < 1.29 is 9.59 Å². The first-order valence-electron chi connectivity index (χ1n) is 7.14. The highest BCUT2D eigenvalue weighted by atomic mass is 16.2. The zero-order chi connectivity index (χ0) is 13.1. The molecule has 0 aromatic rings. The van der Waals surface area contributed by atoms with Gasteiger partial charge in [-0.25, -0.2) is 0 Å². The van der Waals surface area contributed by atoms with Crippen LogP contribution in [-0.2, 0) is 9.59 Å². The van der Waals surface area contributed by atoms with Crippen molar-refractivity contribution >= 4 is 11.8 Å². The molecular formula is C14H24N2O2. The smallest absolute Gasteiger partial charge is 0.223 e. The van der Waals surface area contributed by atoms with Crippen molar-refractivity contribution in [2.24, 2.45) is 17.8 Å². The molecule has 0 saturated heterocycles. The lowest BCUT2D eigenvalue weighted by Gasteiger charge is -2.21. The second kappa shape index (κ2) is 5.72. The second-order valence-corrected chi connectivity index (χ2v) is 6.13. The molecule has 2 aliphatic carbocycles. The molecule has 2 aliphatic rings. The third-order valence-corrected chi connectivity index (χ3v) is 3.52. The minimum Gasteiger partial charge on any atom is -0.354 e. The van der Waals surface area contributed by atoms with Gasteiger partial charge in [-0.05, 0) is 38.0 Å². The number of hydrogen-bond donors (Lipinski definition) is 2. The summed E-state index contributed by atoms with van der Waals surface area (Å²) in [6.07, 6.45) is 5.01. The molecule has 0 aromatic carbocycles. The minimum absolute atomic E-state index is 0.0841. The first-order chi connectivity index (χ1) is 8.56. The average molecular weight is 252 g/mol. The van der Waals surface area contributed by atoms with Gasteiger partial charge in [0, 0.05) is 24.4 Å². The number of carbonyl (C=O) groups excluding carboxylic acids is 2. The standard InChI is InChI=1S/C14H24N2O2/c1-9(2)7-12(16-14(18)11-5-6-11)8-15-13(17)10-3-4-10/h9-12H,3-8H2,1-2H3,(H,15,17)(H,16,18). The van der Waals surface area contributed by atoms with E-state index in [0.717, 1.165) is 32.1 Å². The Kier molecular flexibility index (Phi) is 4.25. The summed E-state index contributed by atoms with van der Waals surface area (Å²) in [6.45, 7) is 4.85. The van der Waals surface area contributed by atoms with Crippen LogP contribution in [0, 0.1) is 17.8 Å². The van der Waals surface area contributed by atoms with Crippen molar-refractivity contribution in [1.29, 1.82) is 0 Å². The maximum atomic E-state index is 11.8. The van der Waals surface area contributed by atoms with Gasteiger partial charge in [0.15, 0.2) is 0 Å². The first-order valence-corrected chi connectivity index (χ1v) is 7.14. The summed E-state index contributed by atoms with van der Waals surface area (Å²) < 4.78 is 0. The second-order valence-electron chi connectivity index (χ2n) is 6.13. The molecule has 2 amide bonds. The Morgan fingerprint density at radius 1 is 1.06 bits per heavy atom. The molecule has 4 nitrogen and oxygen atoms in total. The van der Waals surface area contributed by atoms with Crippen LogP contribution in [0.15, 0.2) is 0 Å². The molecule has 1 unspecified atom stereocenters. The van der Waals surface area contributed by atoms with E-state index in [2.05, 4.69) is 24.5 Å². The number of hydrogen-bond acceptors (Lipinski definition) is 2. The predicted molar refractivity (Wildman–Crippen MR) is 69.8 cm³/mol. The quantitative estimate of drug-likeness (QED) is 0.720. The summed E-state index contributed by atoms with van der Waals surface area (Å²) in [5.41, 5.74) is 0. The molecule has 0 radical (unpaired) electrons. The van der Waals surface area contributed by atoms with Crippen LogP contribution in [0.25, 0.3) is 0 Å². The number of rotatable bonds is 7. The summed E-state index contributed by atoms with van der Waals surface area (Å²) in [5, 5.41) is 6.03. The van der Waals surface area contributed by atoms with Gasteiger partial charge in [-0.15, -0.1) is 0 Å². The fourth-order valence-electron chi connectivity index (χ4n) is 2.14. The fraction of sp³-hybridized carbons (Fsp3) is 0.857. The maximum Gasteiger partial charge on any atom is 0.223 e. The minimum atomic E-state index is 0.0841. The molecule has 2 fully saturated rings. The van der Waals surface area contributed by atoms with Gasteiger partial charge in [-0.1, -0.05) is 13.8 Å². The van der Waals surface area contributed by atoms with Gasteiger partial charge in [-0.2, -0.15) is 0 Å². The van der Waals surface area contributed by atoms with Crippen LogP contribution in [0.5, 0.6) is 0 Å². The third kappa shape index (κ3) is 4.31. The van der Waals surface area contributed by atoms with Gasteiger partial charge in [0.2, 0.25) is 11.8 Å². The van der Waals surface area contributed by atoms with Crippen LogP contribution in [0.1, 0.15) is 46.0 Å². The van der Waals surface area contributed by atoms with Gasteiger partial charge < -0.3 is 10.6 Å². The lowest BCUT2D eigenvalue weighted by molar-refractivity contribution is -0.125. The van der Waals surface area contributed by atoms with E-state index in [4.69, 9.17) is 0 Å². The van der Waals surface area contributed by atoms with E-state index in [-0.39, 0.29) is 29.7 Å². The van der Waals surface area contributed by atoms with Crippen LogP contribution < -0.4 is 10.6 Å². The van der Waals surface area contributed by atoms with Crippen LogP contribution in [0.3, 0.4) is 0 Å². The number of amides is 2. The van der Waals surface area contributed by atoms with Crippen molar-refractivity contribution in [2.75, 3.05) is 6.54 Å². The third-order valence-electron chi connectivity index (χ3n) is 3.52. The van der Waals surface area contributed by atoms with E-state index in [0.29, 0.717) is 12.5 Å². The SMILES string of the molecule is CC(C)CC(CNC(=O)C1CC1)NC(=O)C1CC1. The molecular weight excluding hydrogens is 228 g/mol. The van der Waals surface area contributed by atoms with E-state index in [1.807, 2.05) is 0 Å². The van der Waals surface area contributed by atoms with Crippen LogP contribution in [0.2, 0.25) is 0 Å². The van der Waals surface area contributed by atoms with Gasteiger partial charge in [0.1, 0.15) is 0 Å². The van der Waals surface area contributed by atoms with Crippen LogP contribution in [0.4, 0.5) is 0 Å². The molecule has 102 valence electrons. The normalized spacial score (nSPS) is 20.6. The van der Waals surface area contributed by atoms with Crippen molar-refractivity contribution in [3.05, 3.63) is 0 Å². The molecule has 2 rings (SSSR count). The molecule has 18 heavy (non-hydrogen) atoms. The molecule has 0 spiro atoms. The summed E-state index contributed by atoms with van der Waals surface area (Å²) >= 11 is 0. The largest absolute Gasteiger partial charge is 0.354 e. The van der Waals surface area contributed by atoms with E-state index < -0.39 is 0 Å². The Morgan fingerprint density at radius 3 is 2.11 bits per heavy atom. The predicted octanol–water partition coefficient (Wildman–Crippen LogP) is 1.45. The lowest BCUT2D eigenvalue weighted by atomic mass is 10.0. The lowest BCUT2D eigenvalue weighted by Crippen LogP contribution is -2.45. The van der Waals surface area contributed by atoms with Gasteiger partial charge in [-0.3, -0.25) is 9.59 Å². The van der Waals surface area contributed by atoms with Gasteiger partial charge in [0.25, 0.3) is 0 Å². The highest BCUT2D eigenvalue weighted by molar-refractivity contribution is 5.82. The molecule has 4 heteroatoms. The van der Waals surface area contributed by atoms with Crippen LogP contribution in [-0.4, -0.2) is 24.4 Å². The molecule has 0 heterocycles. The van der Waals surface area contributed by atoms with Crippen molar-refractivity contribution in [3.63, 3.8) is 0 Å².